The average molecular weight is 313 g/mol. The highest BCUT2D eigenvalue weighted by Crippen LogP contribution is 2.33. The predicted octanol–water partition coefficient (Wildman–Crippen LogP) is 2.99. The van der Waals surface area contributed by atoms with Crippen LogP contribution in [0.5, 0.6) is 5.75 Å². The summed E-state index contributed by atoms with van der Waals surface area (Å²) < 4.78 is 28.5. The van der Waals surface area contributed by atoms with Crippen LogP contribution < -0.4 is 9.88 Å². The third-order valence-electron chi connectivity index (χ3n) is 3.16. The van der Waals surface area contributed by atoms with Crippen molar-refractivity contribution >= 4 is 10.0 Å². The van der Waals surface area contributed by atoms with Crippen LogP contribution in [0.15, 0.2) is 18.2 Å². The molecule has 1 rings (SSSR count). The van der Waals surface area contributed by atoms with Gasteiger partial charge in [0.25, 0.3) is 0 Å². The molecule has 1 aromatic carbocycles. The summed E-state index contributed by atoms with van der Waals surface area (Å²) in [6.07, 6.45) is 0. The first-order valence-electron chi connectivity index (χ1n) is 7.05. The minimum Gasteiger partial charge on any atom is -0.493 e. The number of sulfonamides is 1. The zero-order valence-electron chi connectivity index (χ0n) is 13.9. The molecule has 0 radical (unpaired) electrons. The number of benzene rings is 1. The molecule has 1 aromatic rings. The largest absolute Gasteiger partial charge is 0.493 e. The summed E-state index contributed by atoms with van der Waals surface area (Å²) in [7, 11) is -3.51. The van der Waals surface area contributed by atoms with Gasteiger partial charge in [0.05, 0.1) is 12.4 Å². The van der Waals surface area contributed by atoms with Gasteiger partial charge in [0.2, 0.25) is 10.0 Å². The maximum absolute atomic E-state index is 11.3. The zero-order chi connectivity index (χ0) is 16.5. The molecule has 21 heavy (non-hydrogen) atoms. The normalized spacial score (nSPS) is 13.3. The van der Waals surface area contributed by atoms with Crippen LogP contribution in [0.1, 0.15) is 45.7 Å². The highest BCUT2D eigenvalue weighted by Gasteiger charge is 2.26. The molecular formula is C16H27NO3S. The van der Waals surface area contributed by atoms with Crippen LogP contribution >= 0.6 is 0 Å². The standard InChI is InChI=1S/C16H27NO3S/c1-12-7-8-13(15(2,3)4)14(9-12)20-10-16(5,6)11-21(17,18)19/h7-9H,10-11H2,1-6H3,(H2,17,18,19). The van der Waals surface area contributed by atoms with E-state index in [0.29, 0.717) is 6.61 Å². The van der Waals surface area contributed by atoms with Gasteiger partial charge in [-0.3, -0.25) is 0 Å². The lowest BCUT2D eigenvalue weighted by molar-refractivity contribution is 0.196. The van der Waals surface area contributed by atoms with Crippen molar-refractivity contribution in [1.29, 1.82) is 0 Å². The van der Waals surface area contributed by atoms with E-state index in [2.05, 4.69) is 32.9 Å². The number of nitrogens with two attached hydrogens (primary N) is 1. The van der Waals surface area contributed by atoms with Gasteiger partial charge in [-0.05, 0) is 29.5 Å². The molecule has 0 saturated heterocycles. The van der Waals surface area contributed by atoms with Crippen LogP contribution in [0.25, 0.3) is 0 Å². The van der Waals surface area contributed by atoms with Gasteiger partial charge in [0.15, 0.2) is 0 Å². The van der Waals surface area contributed by atoms with Crippen molar-refractivity contribution < 1.29 is 13.2 Å². The Labute approximate surface area is 128 Å². The third kappa shape index (κ3) is 6.06. The summed E-state index contributed by atoms with van der Waals surface area (Å²) in [5.41, 5.74) is 1.65. The second kappa shape index (κ2) is 5.97. The summed E-state index contributed by atoms with van der Waals surface area (Å²) in [5, 5.41) is 5.13. The van der Waals surface area contributed by atoms with E-state index in [0.717, 1.165) is 16.9 Å². The average Bonchev–Trinajstić information content (AvgIpc) is 2.21. The second-order valence-corrected chi connectivity index (χ2v) is 9.12. The van der Waals surface area contributed by atoms with Crippen molar-refractivity contribution in [2.24, 2.45) is 10.6 Å². The van der Waals surface area contributed by atoms with Crippen LogP contribution in [-0.4, -0.2) is 20.8 Å². The van der Waals surface area contributed by atoms with Gasteiger partial charge in [-0.1, -0.05) is 46.8 Å². The Morgan fingerprint density at radius 3 is 2.19 bits per heavy atom. The van der Waals surface area contributed by atoms with Gasteiger partial charge in [-0.2, -0.15) is 0 Å². The molecule has 0 aliphatic rings. The highest BCUT2D eigenvalue weighted by molar-refractivity contribution is 7.89. The Hall–Kier alpha value is -1.07. The molecule has 0 aromatic heterocycles. The highest BCUT2D eigenvalue weighted by atomic mass is 32.2. The summed E-state index contributed by atoms with van der Waals surface area (Å²) in [5.74, 6) is 0.710. The Morgan fingerprint density at radius 2 is 1.71 bits per heavy atom. The molecule has 0 spiro atoms. The van der Waals surface area contributed by atoms with Gasteiger partial charge in [-0.15, -0.1) is 0 Å². The number of rotatable bonds is 5. The molecule has 0 bridgehead atoms. The molecule has 0 heterocycles. The molecule has 0 fully saturated rings. The van der Waals surface area contributed by atoms with Crippen molar-refractivity contribution in [3.63, 3.8) is 0 Å². The molecule has 4 nitrogen and oxygen atoms in total. The maximum Gasteiger partial charge on any atom is 0.209 e. The Balaban J connectivity index is 2.96. The molecular weight excluding hydrogens is 286 g/mol. The van der Waals surface area contributed by atoms with Gasteiger partial charge in [-0.25, -0.2) is 13.6 Å². The van der Waals surface area contributed by atoms with Crippen molar-refractivity contribution in [3.05, 3.63) is 29.3 Å². The first-order chi connectivity index (χ1) is 9.30. The Kier molecular flexibility index (Phi) is 5.11. The SMILES string of the molecule is Cc1ccc(C(C)(C)C)c(OCC(C)(C)CS(N)(=O)=O)c1. The molecule has 0 aliphatic heterocycles. The lowest BCUT2D eigenvalue weighted by atomic mass is 9.86. The zero-order valence-corrected chi connectivity index (χ0v) is 14.7. The van der Waals surface area contributed by atoms with Crippen LogP contribution in [0.3, 0.4) is 0 Å². The van der Waals surface area contributed by atoms with Crippen molar-refractivity contribution in [2.75, 3.05) is 12.4 Å². The number of primary sulfonamides is 1. The summed E-state index contributed by atoms with van der Waals surface area (Å²) in [6, 6.07) is 6.12. The first kappa shape index (κ1) is 18.0. The van der Waals surface area contributed by atoms with E-state index < -0.39 is 15.4 Å². The fourth-order valence-corrected chi connectivity index (χ4v) is 3.40. The third-order valence-corrected chi connectivity index (χ3v) is 4.34. The van der Waals surface area contributed by atoms with E-state index in [-0.39, 0.29) is 11.2 Å². The number of aryl methyl sites for hydroxylation is 1. The summed E-state index contributed by atoms with van der Waals surface area (Å²) in [4.78, 5) is 0. The molecule has 0 amide bonds. The van der Waals surface area contributed by atoms with E-state index in [9.17, 15) is 8.42 Å². The molecule has 0 atom stereocenters. The van der Waals surface area contributed by atoms with Crippen LogP contribution in [0, 0.1) is 12.3 Å². The molecule has 0 aliphatic carbocycles. The molecule has 0 saturated carbocycles. The van der Waals surface area contributed by atoms with E-state index in [4.69, 9.17) is 9.88 Å². The number of hydrogen-bond donors (Lipinski definition) is 1. The second-order valence-electron chi connectivity index (χ2n) is 7.51. The molecule has 0 unspecified atom stereocenters. The van der Waals surface area contributed by atoms with Crippen LogP contribution in [0.4, 0.5) is 0 Å². The van der Waals surface area contributed by atoms with Gasteiger partial charge >= 0.3 is 0 Å². The lowest BCUT2D eigenvalue weighted by Crippen LogP contribution is -2.34. The minimum absolute atomic E-state index is 0.0346. The molecule has 2 N–H and O–H groups in total. The minimum atomic E-state index is -3.51. The van der Waals surface area contributed by atoms with E-state index in [1.165, 1.54) is 0 Å². The van der Waals surface area contributed by atoms with Gasteiger partial charge in [0, 0.05) is 5.41 Å². The predicted molar refractivity (Wildman–Crippen MR) is 87.1 cm³/mol. The smallest absolute Gasteiger partial charge is 0.209 e. The van der Waals surface area contributed by atoms with E-state index in [1.54, 1.807) is 0 Å². The van der Waals surface area contributed by atoms with Gasteiger partial charge < -0.3 is 4.74 Å². The molecule has 5 heteroatoms. The lowest BCUT2D eigenvalue weighted by Gasteiger charge is -2.27. The monoisotopic (exact) mass is 313 g/mol. The number of ether oxygens (including phenoxy) is 1. The Bertz CT molecular complexity index is 598. The van der Waals surface area contributed by atoms with E-state index >= 15 is 0 Å². The number of hydrogen-bond acceptors (Lipinski definition) is 3. The van der Waals surface area contributed by atoms with Crippen molar-refractivity contribution in [2.45, 2.75) is 47.0 Å². The summed E-state index contributed by atoms with van der Waals surface area (Å²) >= 11 is 0. The maximum atomic E-state index is 11.3. The van der Waals surface area contributed by atoms with E-state index in [1.807, 2.05) is 26.8 Å². The fourth-order valence-electron chi connectivity index (χ4n) is 2.23. The first-order valence-corrected chi connectivity index (χ1v) is 8.76. The van der Waals surface area contributed by atoms with Crippen molar-refractivity contribution in [3.8, 4) is 5.75 Å². The summed E-state index contributed by atoms with van der Waals surface area (Å²) in [6.45, 7) is 12.4. The van der Waals surface area contributed by atoms with Crippen molar-refractivity contribution in [1.82, 2.24) is 0 Å². The van der Waals surface area contributed by atoms with Crippen LogP contribution in [0.2, 0.25) is 0 Å². The topological polar surface area (TPSA) is 69.4 Å². The fraction of sp³-hybridized carbons (Fsp3) is 0.625. The van der Waals surface area contributed by atoms with Crippen LogP contribution in [-0.2, 0) is 15.4 Å². The van der Waals surface area contributed by atoms with Gasteiger partial charge in [0.1, 0.15) is 5.75 Å². The Morgan fingerprint density at radius 1 is 1.14 bits per heavy atom. The molecule has 120 valence electrons. The quantitative estimate of drug-likeness (QED) is 0.908.